The van der Waals surface area contributed by atoms with Crippen LogP contribution in [0.3, 0.4) is 0 Å². The molecule has 0 aliphatic rings. The number of nitrogens with zero attached hydrogens (tertiary/aromatic N) is 3. The van der Waals surface area contributed by atoms with Gasteiger partial charge < -0.3 is 9.80 Å². The Hall–Kier alpha value is -1.87. The minimum atomic E-state index is 0.894. The van der Waals surface area contributed by atoms with Crippen LogP contribution in [0.15, 0.2) is 48.7 Å². The molecule has 1 heterocycles. The smallest absolute Gasteiger partial charge is 0.128 e. The van der Waals surface area contributed by atoms with Crippen molar-refractivity contribution < 1.29 is 0 Å². The van der Waals surface area contributed by atoms with Crippen LogP contribution in [0.25, 0.3) is 0 Å². The Morgan fingerprint density at radius 3 is 2.30 bits per heavy atom. The van der Waals surface area contributed by atoms with E-state index in [4.69, 9.17) is 0 Å². The maximum atomic E-state index is 4.48. The monoisotopic (exact) mass is 269 g/mol. The van der Waals surface area contributed by atoms with Crippen molar-refractivity contribution in [1.82, 2.24) is 9.88 Å². The summed E-state index contributed by atoms with van der Waals surface area (Å²) in [5.74, 6) is 1.04. The fourth-order valence-electron chi connectivity index (χ4n) is 2.05. The highest BCUT2D eigenvalue weighted by Gasteiger charge is 2.08. The molecule has 0 saturated carbocycles. The zero-order chi connectivity index (χ0) is 14.4. The van der Waals surface area contributed by atoms with Gasteiger partial charge in [0.15, 0.2) is 0 Å². The summed E-state index contributed by atoms with van der Waals surface area (Å²) in [5, 5.41) is 0. The maximum absolute atomic E-state index is 4.48. The molecule has 2 rings (SSSR count). The van der Waals surface area contributed by atoms with Crippen molar-refractivity contribution in [1.29, 1.82) is 0 Å². The Balaban J connectivity index is 2.12. The molecule has 0 aliphatic heterocycles. The number of hydrogen-bond acceptors (Lipinski definition) is 3. The van der Waals surface area contributed by atoms with E-state index in [2.05, 4.69) is 66.1 Å². The van der Waals surface area contributed by atoms with E-state index in [1.54, 1.807) is 0 Å². The van der Waals surface area contributed by atoms with Crippen LogP contribution >= 0.6 is 0 Å². The largest absolute Gasteiger partial charge is 0.351 e. The highest BCUT2D eigenvalue weighted by molar-refractivity contribution is 5.39. The molecule has 3 nitrogen and oxygen atoms in total. The van der Waals surface area contributed by atoms with Gasteiger partial charge in [0.2, 0.25) is 0 Å². The summed E-state index contributed by atoms with van der Waals surface area (Å²) < 4.78 is 0. The summed E-state index contributed by atoms with van der Waals surface area (Å²) in [5.41, 5.74) is 2.62. The summed E-state index contributed by atoms with van der Waals surface area (Å²) in [4.78, 5) is 9.00. The van der Waals surface area contributed by atoms with Gasteiger partial charge in [-0.05, 0) is 38.7 Å². The molecular formula is C17H23N3. The second kappa shape index (κ2) is 7.06. The summed E-state index contributed by atoms with van der Waals surface area (Å²) >= 11 is 0. The Morgan fingerprint density at radius 2 is 1.70 bits per heavy atom. The molecule has 20 heavy (non-hydrogen) atoms. The van der Waals surface area contributed by atoms with Crippen molar-refractivity contribution in [2.24, 2.45) is 0 Å². The molecule has 106 valence electrons. The fraction of sp³-hybridized carbons (Fsp3) is 0.353. The number of aromatic nitrogens is 1. The van der Waals surface area contributed by atoms with E-state index in [0.717, 1.165) is 25.5 Å². The lowest BCUT2D eigenvalue weighted by Gasteiger charge is -2.25. The van der Waals surface area contributed by atoms with Gasteiger partial charge in [-0.3, -0.25) is 0 Å². The summed E-state index contributed by atoms with van der Waals surface area (Å²) in [7, 11) is 4.20. The van der Waals surface area contributed by atoms with E-state index in [1.807, 2.05) is 18.3 Å². The van der Waals surface area contributed by atoms with E-state index in [1.165, 1.54) is 11.1 Å². The van der Waals surface area contributed by atoms with Gasteiger partial charge in [-0.2, -0.15) is 0 Å². The number of benzene rings is 1. The number of rotatable bonds is 6. The Labute approximate surface area is 121 Å². The minimum absolute atomic E-state index is 0.894. The van der Waals surface area contributed by atoms with Gasteiger partial charge in [-0.1, -0.05) is 35.9 Å². The van der Waals surface area contributed by atoms with E-state index >= 15 is 0 Å². The molecule has 0 aliphatic carbocycles. The van der Waals surface area contributed by atoms with E-state index in [0.29, 0.717) is 0 Å². The van der Waals surface area contributed by atoms with Crippen LogP contribution in [0, 0.1) is 6.92 Å². The van der Waals surface area contributed by atoms with Crippen molar-refractivity contribution in [3.05, 3.63) is 59.8 Å². The van der Waals surface area contributed by atoms with Gasteiger partial charge in [0, 0.05) is 25.8 Å². The average Bonchev–Trinajstić information content (AvgIpc) is 2.46. The number of hydrogen-bond donors (Lipinski definition) is 0. The molecule has 0 bridgehead atoms. The van der Waals surface area contributed by atoms with Crippen molar-refractivity contribution in [2.75, 3.05) is 32.1 Å². The lowest BCUT2D eigenvalue weighted by molar-refractivity contribution is 0.412. The van der Waals surface area contributed by atoms with Crippen LogP contribution in [0.1, 0.15) is 11.1 Å². The van der Waals surface area contributed by atoms with Crippen molar-refractivity contribution in [2.45, 2.75) is 13.5 Å². The summed E-state index contributed by atoms with van der Waals surface area (Å²) in [6.45, 7) is 5.00. The van der Waals surface area contributed by atoms with Gasteiger partial charge in [-0.25, -0.2) is 4.98 Å². The first-order chi connectivity index (χ1) is 9.65. The zero-order valence-corrected chi connectivity index (χ0v) is 12.6. The van der Waals surface area contributed by atoms with Crippen LogP contribution in [0.2, 0.25) is 0 Å². The van der Waals surface area contributed by atoms with Crippen LogP contribution in [-0.2, 0) is 6.54 Å². The third-order valence-corrected chi connectivity index (χ3v) is 3.28. The Morgan fingerprint density at radius 1 is 0.950 bits per heavy atom. The first-order valence-electron chi connectivity index (χ1n) is 7.01. The standard InChI is InChI=1S/C17H23N3/c1-15-7-9-16(10-8-15)14-20(13-12-19(2)3)17-6-4-5-11-18-17/h4-11H,12-14H2,1-3H3. The first-order valence-corrected chi connectivity index (χ1v) is 7.01. The lowest BCUT2D eigenvalue weighted by atomic mass is 10.1. The van der Waals surface area contributed by atoms with Crippen LogP contribution in [0.5, 0.6) is 0 Å². The quantitative estimate of drug-likeness (QED) is 0.803. The van der Waals surface area contributed by atoms with Gasteiger partial charge in [0.05, 0.1) is 0 Å². The van der Waals surface area contributed by atoms with Crippen LogP contribution < -0.4 is 4.90 Å². The second-order valence-corrected chi connectivity index (χ2v) is 5.40. The number of likely N-dealkylation sites (N-methyl/N-ethyl adjacent to an activating group) is 1. The summed E-state index contributed by atoms with van der Waals surface area (Å²) in [6, 6.07) is 14.8. The third kappa shape index (κ3) is 4.35. The molecule has 0 radical (unpaired) electrons. The van der Waals surface area contributed by atoms with Crippen molar-refractivity contribution in [3.8, 4) is 0 Å². The molecule has 2 aromatic rings. The molecule has 3 heteroatoms. The highest BCUT2D eigenvalue weighted by atomic mass is 15.2. The second-order valence-electron chi connectivity index (χ2n) is 5.40. The minimum Gasteiger partial charge on any atom is -0.351 e. The molecule has 0 amide bonds. The molecular weight excluding hydrogens is 246 g/mol. The molecule has 1 aromatic carbocycles. The normalized spacial score (nSPS) is 10.8. The van der Waals surface area contributed by atoms with Gasteiger partial charge in [0.1, 0.15) is 5.82 Å². The topological polar surface area (TPSA) is 19.4 Å². The van der Waals surface area contributed by atoms with Crippen LogP contribution in [0.4, 0.5) is 5.82 Å². The summed E-state index contributed by atoms with van der Waals surface area (Å²) in [6.07, 6.45) is 1.85. The molecule has 1 aromatic heterocycles. The maximum Gasteiger partial charge on any atom is 0.128 e. The van der Waals surface area contributed by atoms with E-state index in [9.17, 15) is 0 Å². The molecule has 0 N–H and O–H groups in total. The zero-order valence-electron chi connectivity index (χ0n) is 12.6. The number of anilines is 1. The number of pyridine rings is 1. The van der Waals surface area contributed by atoms with Crippen molar-refractivity contribution in [3.63, 3.8) is 0 Å². The van der Waals surface area contributed by atoms with Gasteiger partial charge >= 0.3 is 0 Å². The molecule has 0 fully saturated rings. The molecule has 0 atom stereocenters. The fourth-order valence-corrected chi connectivity index (χ4v) is 2.05. The van der Waals surface area contributed by atoms with Gasteiger partial charge in [0.25, 0.3) is 0 Å². The average molecular weight is 269 g/mol. The Bertz CT molecular complexity index is 506. The molecule has 0 unspecified atom stereocenters. The predicted octanol–water partition coefficient (Wildman–Crippen LogP) is 2.96. The highest BCUT2D eigenvalue weighted by Crippen LogP contribution is 2.14. The SMILES string of the molecule is Cc1ccc(CN(CCN(C)C)c2ccccn2)cc1. The first kappa shape index (κ1) is 14.5. The lowest BCUT2D eigenvalue weighted by Crippen LogP contribution is -2.31. The number of aryl methyl sites for hydroxylation is 1. The molecule has 0 saturated heterocycles. The Kier molecular flexibility index (Phi) is 5.13. The van der Waals surface area contributed by atoms with Crippen molar-refractivity contribution >= 4 is 5.82 Å². The van der Waals surface area contributed by atoms with Gasteiger partial charge in [-0.15, -0.1) is 0 Å². The predicted molar refractivity (Wildman–Crippen MR) is 85.0 cm³/mol. The molecule has 0 spiro atoms. The van der Waals surface area contributed by atoms with E-state index < -0.39 is 0 Å². The van der Waals surface area contributed by atoms with E-state index in [-0.39, 0.29) is 0 Å². The van der Waals surface area contributed by atoms with Crippen LogP contribution in [-0.4, -0.2) is 37.1 Å². The third-order valence-electron chi connectivity index (χ3n) is 3.28.